The number of benzene rings is 1. The molecule has 1 aromatic rings. The number of nitrogens with zero attached hydrogens (tertiary/aromatic N) is 1. The van der Waals surface area contributed by atoms with Gasteiger partial charge in [-0.25, -0.2) is 4.39 Å². The summed E-state index contributed by atoms with van der Waals surface area (Å²) in [5, 5.41) is 8.97. The van der Waals surface area contributed by atoms with E-state index in [1.54, 1.807) is 6.07 Å². The van der Waals surface area contributed by atoms with Crippen LogP contribution >= 0.6 is 11.6 Å². The summed E-state index contributed by atoms with van der Waals surface area (Å²) in [5.74, 6) is 0.285. The minimum absolute atomic E-state index is 0.0509. The summed E-state index contributed by atoms with van der Waals surface area (Å²) in [6, 6.07) is 4.26. The summed E-state index contributed by atoms with van der Waals surface area (Å²) in [7, 11) is 0. The standard InChI is InChI=1S/C14H15ClFNO/c15-12-6-11(8-17)13(16)7-14(12)18-9-10-4-2-1-3-5-10/h6-7,10H,1-5,9H2. The Kier molecular flexibility index (Phi) is 4.43. The first-order valence-electron chi connectivity index (χ1n) is 6.22. The maximum absolute atomic E-state index is 13.4. The van der Waals surface area contributed by atoms with Crippen LogP contribution in [0.3, 0.4) is 0 Å². The lowest BCUT2D eigenvalue weighted by atomic mass is 9.90. The van der Waals surface area contributed by atoms with Gasteiger partial charge in [0.2, 0.25) is 0 Å². The molecule has 0 bridgehead atoms. The van der Waals surface area contributed by atoms with Crippen LogP contribution in [0.5, 0.6) is 5.75 Å². The van der Waals surface area contributed by atoms with Crippen LogP contribution in [0.1, 0.15) is 37.7 Å². The van der Waals surface area contributed by atoms with Crippen molar-refractivity contribution < 1.29 is 9.13 Å². The zero-order valence-corrected chi connectivity index (χ0v) is 10.8. The Morgan fingerprint density at radius 1 is 1.33 bits per heavy atom. The number of rotatable bonds is 3. The Morgan fingerprint density at radius 3 is 2.72 bits per heavy atom. The average molecular weight is 268 g/mol. The Balaban J connectivity index is 2.01. The molecule has 1 aliphatic carbocycles. The maximum Gasteiger partial charge on any atom is 0.144 e. The topological polar surface area (TPSA) is 33.0 Å². The third kappa shape index (κ3) is 3.14. The van der Waals surface area contributed by atoms with Crippen molar-refractivity contribution in [3.63, 3.8) is 0 Å². The molecule has 96 valence electrons. The molecule has 0 atom stereocenters. The summed E-state index contributed by atoms with van der Waals surface area (Å²) < 4.78 is 19.0. The van der Waals surface area contributed by atoms with E-state index in [1.807, 2.05) is 0 Å². The van der Waals surface area contributed by atoms with E-state index in [9.17, 15) is 4.39 Å². The predicted octanol–water partition coefficient (Wildman–Crippen LogP) is 4.31. The van der Waals surface area contributed by atoms with E-state index in [1.165, 1.54) is 31.4 Å². The smallest absolute Gasteiger partial charge is 0.144 e. The van der Waals surface area contributed by atoms with Gasteiger partial charge in [0.1, 0.15) is 17.6 Å². The SMILES string of the molecule is N#Cc1cc(Cl)c(OCC2CCCCC2)cc1F. The van der Waals surface area contributed by atoms with Crippen molar-refractivity contribution in [1.29, 1.82) is 5.26 Å². The van der Waals surface area contributed by atoms with Crippen LogP contribution in [0.25, 0.3) is 0 Å². The molecule has 1 saturated carbocycles. The lowest BCUT2D eigenvalue weighted by Gasteiger charge is -2.22. The molecule has 0 saturated heterocycles. The largest absolute Gasteiger partial charge is 0.492 e. The highest BCUT2D eigenvalue weighted by Gasteiger charge is 2.15. The molecule has 0 aliphatic heterocycles. The molecular weight excluding hydrogens is 253 g/mol. The van der Waals surface area contributed by atoms with Crippen LogP contribution in [0.2, 0.25) is 5.02 Å². The summed E-state index contributed by atoms with van der Waals surface area (Å²) >= 11 is 5.96. The van der Waals surface area contributed by atoms with E-state index in [4.69, 9.17) is 21.6 Å². The fourth-order valence-electron chi connectivity index (χ4n) is 2.29. The molecule has 18 heavy (non-hydrogen) atoms. The lowest BCUT2D eigenvalue weighted by Crippen LogP contribution is -2.15. The predicted molar refractivity (Wildman–Crippen MR) is 68.2 cm³/mol. The molecule has 2 rings (SSSR count). The number of hydrogen-bond donors (Lipinski definition) is 0. The molecule has 1 fully saturated rings. The second kappa shape index (κ2) is 6.06. The Morgan fingerprint density at radius 2 is 2.06 bits per heavy atom. The Hall–Kier alpha value is -1.27. The van der Waals surface area contributed by atoms with Crippen LogP contribution in [0.15, 0.2) is 12.1 Å². The van der Waals surface area contributed by atoms with E-state index < -0.39 is 5.82 Å². The monoisotopic (exact) mass is 267 g/mol. The maximum atomic E-state index is 13.4. The van der Waals surface area contributed by atoms with Gasteiger partial charge in [-0.2, -0.15) is 5.26 Å². The zero-order chi connectivity index (χ0) is 13.0. The van der Waals surface area contributed by atoms with Gasteiger partial charge in [0, 0.05) is 6.07 Å². The minimum Gasteiger partial charge on any atom is -0.492 e. The quantitative estimate of drug-likeness (QED) is 0.817. The first kappa shape index (κ1) is 13.2. The van der Waals surface area contributed by atoms with Gasteiger partial charge in [0.25, 0.3) is 0 Å². The molecule has 0 amide bonds. The van der Waals surface area contributed by atoms with Crippen LogP contribution < -0.4 is 4.74 Å². The van der Waals surface area contributed by atoms with Crippen LogP contribution in [0, 0.1) is 23.1 Å². The fraction of sp³-hybridized carbons (Fsp3) is 0.500. The van der Waals surface area contributed by atoms with E-state index in [0.29, 0.717) is 23.3 Å². The van der Waals surface area contributed by atoms with Gasteiger partial charge >= 0.3 is 0 Å². The highest BCUT2D eigenvalue weighted by Crippen LogP contribution is 2.30. The molecule has 0 heterocycles. The van der Waals surface area contributed by atoms with Gasteiger partial charge in [-0.15, -0.1) is 0 Å². The van der Waals surface area contributed by atoms with Crippen molar-refractivity contribution in [3.05, 3.63) is 28.5 Å². The van der Waals surface area contributed by atoms with Gasteiger partial charge < -0.3 is 4.74 Å². The molecule has 2 nitrogen and oxygen atoms in total. The van der Waals surface area contributed by atoms with Gasteiger partial charge in [-0.1, -0.05) is 30.9 Å². The Bertz CT molecular complexity index is 464. The van der Waals surface area contributed by atoms with Crippen molar-refractivity contribution in [2.75, 3.05) is 6.61 Å². The molecule has 0 unspecified atom stereocenters. The zero-order valence-electron chi connectivity index (χ0n) is 10.1. The summed E-state index contributed by atoms with van der Waals surface area (Å²) in [6.07, 6.45) is 6.10. The second-order valence-electron chi connectivity index (χ2n) is 4.69. The van der Waals surface area contributed by atoms with E-state index >= 15 is 0 Å². The molecule has 0 spiro atoms. The van der Waals surface area contributed by atoms with E-state index in [-0.39, 0.29) is 5.56 Å². The second-order valence-corrected chi connectivity index (χ2v) is 5.10. The van der Waals surface area contributed by atoms with Crippen molar-refractivity contribution in [2.24, 2.45) is 5.92 Å². The highest BCUT2D eigenvalue weighted by atomic mass is 35.5. The van der Waals surface area contributed by atoms with Crippen molar-refractivity contribution in [3.8, 4) is 11.8 Å². The molecule has 1 aromatic carbocycles. The van der Waals surface area contributed by atoms with Crippen LogP contribution in [-0.2, 0) is 0 Å². The van der Waals surface area contributed by atoms with Gasteiger partial charge in [0.15, 0.2) is 0 Å². The Labute approximate surface area is 111 Å². The van der Waals surface area contributed by atoms with Crippen molar-refractivity contribution in [2.45, 2.75) is 32.1 Å². The minimum atomic E-state index is -0.583. The number of nitriles is 1. The summed E-state index contributed by atoms with van der Waals surface area (Å²) in [4.78, 5) is 0. The first-order chi connectivity index (χ1) is 8.70. The fourth-order valence-corrected chi connectivity index (χ4v) is 2.50. The third-order valence-electron chi connectivity index (χ3n) is 3.34. The first-order valence-corrected chi connectivity index (χ1v) is 6.60. The van der Waals surface area contributed by atoms with Crippen LogP contribution in [0.4, 0.5) is 4.39 Å². The summed E-state index contributed by atoms with van der Waals surface area (Å²) in [5.41, 5.74) is -0.0509. The number of hydrogen-bond acceptors (Lipinski definition) is 2. The van der Waals surface area contributed by atoms with Gasteiger partial charge in [0.05, 0.1) is 17.2 Å². The highest BCUT2D eigenvalue weighted by molar-refractivity contribution is 6.32. The summed E-state index contributed by atoms with van der Waals surface area (Å²) in [6.45, 7) is 0.574. The van der Waals surface area contributed by atoms with Crippen molar-refractivity contribution >= 4 is 11.6 Å². The lowest BCUT2D eigenvalue weighted by molar-refractivity contribution is 0.208. The number of halogens is 2. The number of ether oxygens (including phenoxy) is 1. The van der Waals surface area contributed by atoms with E-state index in [2.05, 4.69) is 0 Å². The third-order valence-corrected chi connectivity index (χ3v) is 3.64. The molecule has 1 aliphatic rings. The molecule has 0 radical (unpaired) electrons. The van der Waals surface area contributed by atoms with Crippen LogP contribution in [-0.4, -0.2) is 6.61 Å². The van der Waals surface area contributed by atoms with E-state index in [0.717, 1.165) is 12.8 Å². The average Bonchev–Trinajstić information content (AvgIpc) is 2.40. The van der Waals surface area contributed by atoms with Gasteiger partial charge in [-0.3, -0.25) is 0 Å². The van der Waals surface area contributed by atoms with Gasteiger partial charge in [-0.05, 0) is 24.8 Å². The molecule has 4 heteroatoms. The molecule has 0 N–H and O–H groups in total. The molecular formula is C14H15ClFNO. The molecule has 0 aromatic heterocycles. The van der Waals surface area contributed by atoms with Crippen molar-refractivity contribution in [1.82, 2.24) is 0 Å². The normalized spacial score (nSPS) is 16.3.